The van der Waals surface area contributed by atoms with E-state index in [0.29, 0.717) is 11.4 Å². The molecule has 0 aliphatic heterocycles. The number of methoxy groups -OCH3 is 1. The van der Waals surface area contributed by atoms with Crippen molar-refractivity contribution in [3.05, 3.63) is 71.8 Å². The fourth-order valence-electron chi connectivity index (χ4n) is 4.55. The number of carbonyl (C=O) groups is 1. The zero-order chi connectivity index (χ0) is 24.9. The normalized spacial score (nSPS) is 11.5. The van der Waals surface area contributed by atoms with E-state index in [1.54, 1.807) is 25.4 Å². The van der Waals surface area contributed by atoms with Gasteiger partial charge in [-0.25, -0.2) is 8.78 Å². The number of ether oxygens (including phenoxy) is 1. The number of pyridine rings is 1. The Labute approximate surface area is 200 Å². The number of anilines is 1. The maximum Gasteiger partial charge on any atom is 0.282 e. The number of nitrogens with one attached hydrogen (secondary N) is 1. The highest BCUT2D eigenvalue weighted by atomic mass is 19.3. The standard InChI is InChI=1S/C26H23F2N5O2/c1-14-24-17(9-10-29-14)19-11-18(22(35-4)12-21(19)33(24)3)15-5-7-16(8-6-15)30-26(34)20-13-32(2)31-23(20)25(27)28/h5-13,25H,1-4H3,(H,30,34). The molecule has 1 N–H and O–H groups in total. The lowest BCUT2D eigenvalue weighted by molar-refractivity contribution is 0.101. The number of aromatic nitrogens is 4. The van der Waals surface area contributed by atoms with Crippen LogP contribution in [0.2, 0.25) is 0 Å². The van der Waals surface area contributed by atoms with Gasteiger partial charge in [0.15, 0.2) is 0 Å². The minimum Gasteiger partial charge on any atom is -0.496 e. The number of rotatable bonds is 5. The van der Waals surface area contributed by atoms with Gasteiger partial charge >= 0.3 is 0 Å². The fourth-order valence-corrected chi connectivity index (χ4v) is 4.55. The van der Waals surface area contributed by atoms with Crippen LogP contribution in [0.3, 0.4) is 0 Å². The maximum atomic E-state index is 13.2. The van der Waals surface area contributed by atoms with E-state index in [2.05, 4.69) is 26.0 Å². The summed E-state index contributed by atoms with van der Waals surface area (Å²) in [6, 6.07) is 13.3. The summed E-state index contributed by atoms with van der Waals surface area (Å²) in [5.41, 5.74) is 4.62. The number of hydrogen-bond donors (Lipinski definition) is 1. The molecular weight excluding hydrogens is 452 g/mol. The van der Waals surface area contributed by atoms with Crippen molar-refractivity contribution >= 4 is 33.4 Å². The average Bonchev–Trinajstić information content (AvgIpc) is 3.37. The van der Waals surface area contributed by atoms with E-state index in [1.165, 1.54) is 17.9 Å². The fraction of sp³-hybridized carbons (Fsp3) is 0.192. The highest BCUT2D eigenvalue weighted by Crippen LogP contribution is 2.39. The van der Waals surface area contributed by atoms with Crippen LogP contribution in [-0.4, -0.2) is 32.3 Å². The van der Waals surface area contributed by atoms with E-state index in [0.717, 1.165) is 38.6 Å². The Morgan fingerprint density at radius 1 is 1.09 bits per heavy atom. The summed E-state index contributed by atoms with van der Waals surface area (Å²) >= 11 is 0. The zero-order valence-electron chi connectivity index (χ0n) is 19.6. The van der Waals surface area contributed by atoms with Crippen LogP contribution in [0, 0.1) is 6.92 Å². The van der Waals surface area contributed by atoms with Crippen molar-refractivity contribution in [2.24, 2.45) is 14.1 Å². The molecule has 178 valence electrons. The molecule has 0 unspecified atom stereocenters. The van der Waals surface area contributed by atoms with Gasteiger partial charge in [-0.2, -0.15) is 5.10 Å². The minimum atomic E-state index is -2.84. The predicted octanol–water partition coefficient (Wildman–Crippen LogP) is 5.63. The number of alkyl halides is 2. The number of hydrogen-bond acceptors (Lipinski definition) is 4. The third-order valence-corrected chi connectivity index (χ3v) is 6.17. The van der Waals surface area contributed by atoms with E-state index in [4.69, 9.17) is 4.74 Å². The van der Waals surface area contributed by atoms with Gasteiger partial charge in [0.05, 0.1) is 29.4 Å². The van der Waals surface area contributed by atoms with E-state index in [1.807, 2.05) is 38.2 Å². The summed E-state index contributed by atoms with van der Waals surface area (Å²) in [5, 5.41) is 8.54. The van der Waals surface area contributed by atoms with Crippen LogP contribution in [0.25, 0.3) is 32.9 Å². The molecule has 0 fully saturated rings. The smallest absolute Gasteiger partial charge is 0.282 e. The molecule has 3 heterocycles. The monoisotopic (exact) mass is 475 g/mol. The number of aryl methyl sites for hydroxylation is 3. The van der Waals surface area contributed by atoms with Crippen LogP contribution < -0.4 is 10.1 Å². The number of benzene rings is 2. The van der Waals surface area contributed by atoms with E-state index >= 15 is 0 Å². The number of fused-ring (bicyclic) bond motifs is 3. The molecule has 2 aromatic carbocycles. The van der Waals surface area contributed by atoms with Crippen molar-refractivity contribution in [3.8, 4) is 16.9 Å². The molecule has 0 aliphatic rings. The molecule has 0 saturated heterocycles. The first kappa shape index (κ1) is 22.5. The van der Waals surface area contributed by atoms with Crippen molar-refractivity contribution in [3.63, 3.8) is 0 Å². The SMILES string of the molecule is COc1cc2c(cc1-c1ccc(NC(=O)c3cn(C)nc3C(F)F)cc1)c1ccnc(C)c1n2C. The summed E-state index contributed by atoms with van der Waals surface area (Å²) in [6.07, 6.45) is 0.253. The third kappa shape index (κ3) is 3.78. The summed E-state index contributed by atoms with van der Waals surface area (Å²) in [5.74, 6) is 0.0719. The summed E-state index contributed by atoms with van der Waals surface area (Å²) in [6.45, 7) is 1.99. The van der Waals surface area contributed by atoms with Crippen molar-refractivity contribution in [2.75, 3.05) is 12.4 Å². The first-order valence-electron chi connectivity index (χ1n) is 10.9. The molecule has 0 radical (unpaired) electrons. The lowest BCUT2D eigenvalue weighted by Gasteiger charge is -2.11. The Bertz CT molecular complexity index is 1590. The van der Waals surface area contributed by atoms with Gasteiger partial charge in [-0.15, -0.1) is 0 Å². The summed E-state index contributed by atoms with van der Waals surface area (Å²) in [7, 11) is 5.14. The van der Waals surface area contributed by atoms with Crippen molar-refractivity contribution < 1.29 is 18.3 Å². The number of carbonyl (C=O) groups excluding carboxylic acids is 1. The molecule has 35 heavy (non-hydrogen) atoms. The third-order valence-electron chi connectivity index (χ3n) is 6.17. The lowest BCUT2D eigenvalue weighted by Crippen LogP contribution is -2.13. The molecule has 9 heteroatoms. The average molecular weight is 475 g/mol. The second-order valence-corrected chi connectivity index (χ2v) is 8.36. The molecule has 0 aliphatic carbocycles. The summed E-state index contributed by atoms with van der Waals surface area (Å²) in [4.78, 5) is 17.0. The molecule has 7 nitrogen and oxygen atoms in total. The van der Waals surface area contributed by atoms with Gasteiger partial charge in [0.2, 0.25) is 0 Å². The van der Waals surface area contributed by atoms with Gasteiger partial charge in [-0.05, 0) is 36.8 Å². The zero-order valence-corrected chi connectivity index (χ0v) is 19.6. The first-order valence-corrected chi connectivity index (χ1v) is 10.9. The molecule has 5 aromatic rings. The Morgan fingerprint density at radius 3 is 2.51 bits per heavy atom. The van der Waals surface area contributed by atoms with Gasteiger partial charge in [-0.3, -0.25) is 14.5 Å². The molecule has 3 aromatic heterocycles. The van der Waals surface area contributed by atoms with Crippen LogP contribution >= 0.6 is 0 Å². The Hall–Kier alpha value is -4.27. The maximum absolute atomic E-state index is 13.2. The lowest BCUT2D eigenvalue weighted by atomic mass is 10.0. The second kappa shape index (κ2) is 8.50. The number of halogens is 2. The van der Waals surface area contributed by atoms with Crippen LogP contribution in [0.1, 0.15) is 28.2 Å². The molecule has 0 saturated carbocycles. The van der Waals surface area contributed by atoms with Crippen LogP contribution in [0.5, 0.6) is 5.75 Å². The molecule has 0 atom stereocenters. The van der Waals surface area contributed by atoms with Gasteiger partial charge < -0.3 is 14.6 Å². The van der Waals surface area contributed by atoms with Crippen molar-refractivity contribution in [1.29, 1.82) is 0 Å². The predicted molar refractivity (Wildman–Crippen MR) is 131 cm³/mol. The quantitative estimate of drug-likeness (QED) is 0.357. The highest BCUT2D eigenvalue weighted by Gasteiger charge is 2.23. The van der Waals surface area contributed by atoms with Gasteiger partial charge in [0.25, 0.3) is 12.3 Å². The Kier molecular flexibility index (Phi) is 5.47. The van der Waals surface area contributed by atoms with E-state index < -0.39 is 18.0 Å². The number of nitrogens with zero attached hydrogens (tertiary/aromatic N) is 4. The topological polar surface area (TPSA) is 74.0 Å². The van der Waals surface area contributed by atoms with Gasteiger partial charge in [0.1, 0.15) is 11.4 Å². The minimum absolute atomic E-state index is 0.153. The van der Waals surface area contributed by atoms with Crippen LogP contribution in [0.15, 0.2) is 54.9 Å². The van der Waals surface area contributed by atoms with E-state index in [-0.39, 0.29) is 5.56 Å². The van der Waals surface area contributed by atoms with Crippen LogP contribution in [-0.2, 0) is 14.1 Å². The highest BCUT2D eigenvalue weighted by molar-refractivity contribution is 6.10. The Morgan fingerprint density at radius 2 is 1.83 bits per heavy atom. The molecule has 1 amide bonds. The summed E-state index contributed by atoms with van der Waals surface area (Å²) < 4.78 is 35.4. The van der Waals surface area contributed by atoms with Gasteiger partial charge in [-0.1, -0.05) is 12.1 Å². The molecule has 0 bridgehead atoms. The largest absolute Gasteiger partial charge is 0.496 e. The first-order chi connectivity index (χ1) is 16.8. The molecular formula is C26H23F2N5O2. The van der Waals surface area contributed by atoms with Crippen molar-refractivity contribution in [1.82, 2.24) is 19.3 Å². The van der Waals surface area contributed by atoms with Crippen LogP contribution in [0.4, 0.5) is 14.5 Å². The molecule has 0 spiro atoms. The van der Waals surface area contributed by atoms with E-state index in [9.17, 15) is 13.6 Å². The number of amides is 1. The Balaban J connectivity index is 1.51. The molecule has 5 rings (SSSR count). The van der Waals surface area contributed by atoms with Gasteiger partial charge in [0, 0.05) is 54.6 Å². The second-order valence-electron chi connectivity index (χ2n) is 8.36. The van der Waals surface area contributed by atoms with Crippen molar-refractivity contribution in [2.45, 2.75) is 13.3 Å².